The molecule has 114 valence electrons. The van der Waals surface area contributed by atoms with Crippen molar-refractivity contribution >= 4 is 27.8 Å². The minimum atomic E-state index is -0.961. The van der Waals surface area contributed by atoms with Gasteiger partial charge in [-0.3, -0.25) is 4.79 Å². The van der Waals surface area contributed by atoms with Crippen LogP contribution >= 0.6 is 15.9 Å². The van der Waals surface area contributed by atoms with Crippen molar-refractivity contribution in [2.45, 2.75) is 38.6 Å². The Kier molecular flexibility index (Phi) is 5.04. The zero-order valence-corrected chi connectivity index (χ0v) is 13.8. The Balaban J connectivity index is 1.94. The number of aliphatic carboxylic acids is 1. The van der Waals surface area contributed by atoms with E-state index in [0.717, 1.165) is 16.5 Å². The van der Waals surface area contributed by atoms with E-state index in [1.165, 1.54) is 0 Å². The van der Waals surface area contributed by atoms with Gasteiger partial charge in [0.15, 0.2) is 0 Å². The molecule has 1 aromatic rings. The van der Waals surface area contributed by atoms with Crippen LogP contribution in [-0.2, 0) is 9.59 Å². The summed E-state index contributed by atoms with van der Waals surface area (Å²) >= 11 is 3.42. The molecule has 1 aromatic carbocycles. The smallest absolute Gasteiger partial charge is 0.326 e. The molecule has 2 N–H and O–H groups in total. The molecule has 0 radical (unpaired) electrons. The van der Waals surface area contributed by atoms with Gasteiger partial charge in [-0.25, -0.2) is 4.79 Å². The lowest BCUT2D eigenvalue weighted by Gasteiger charge is -2.16. The lowest BCUT2D eigenvalue weighted by molar-refractivity contribution is -0.142. The highest BCUT2D eigenvalue weighted by atomic mass is 79.9. The second kappa shape index (κ2) is 6.60. The molecule has 2 unspecified atom stereocenters. The summed E-state index contributed by atoms with van der Waals surface area (Å²) in [4.78, 5) is 23.4. The van der Waals surface area contributed by atoms with Crippen molar-refractivity contribution in [1.82, 2.24) is 5.32 Å². The summed E-state index contributed by atoms with van der Waals surface area (Å²) in [6.45, 7) is 3.90. The van der Waals surface area contributed by atoms with E-state index in [4.69, 9.17) is 0 Å². The molecule has 1 aliphatic rings. The molecule has 1 fully saturated rings. The Bertz CT molecular complexity index is 544. The normalized spacial score (nSPS) is 21.9. The van der Waals surface area contributed by atoms with Crippen molar-refractivity contribution in [3.8, 4) is 0 Å². The van der Waals surface area contributed by atoms with Gasteiger partial charge >= 0.3 is 5.97 Å². The van der Waals surface area contributed by atoms with E-state index < -0.39 is 12.0 Å². The van der Waals surface area contributed by atoms with Crippen LogP contribution in [0.1, 0.15) is 38.2 Å². The van der Waals surface area contributed by atoms with Gasteiger partial charge in [-0.1, -0.05) is 41.9 Å². The van der Waals surface area contributed by atoms with Gasteiger partial charge in [-0.05, 0) is 42.4 Å². The fourth-order valence-corrected chi connectivity index (χ4v) is 2.98. The van der Waals surface area contributed by atoms with Gasteiger partial charge in [0.05, 0.1) is 0 Å². The van der Waals surface area contributed by atoms with Gasteiger partial charge in [-0.2, -0.15) is 0 Å². The molecule has 1 aliphatic carbocycles. The molecule has 0 heterocycles. The molecule has 5 heteroatoms. The SMILES string of the molecule is CC(C)C[C@H](NC(=O)C1CC1c1cccc(Br)c1)C(=O)O. The average molecular weight is 354 g/mol. The largest absolute Gasteiger partial charge is 0.480 e. The van der Waals surface area contributed by atoms with Crippen molar-refractivity contribution < 1.29 is 14.7 Å². The molecule has 0 saturated heterocycles. The Morgan fingerprint density at radius 2 is 2.14 bits per heavy atom. The molecule has 2 rings (SSSR count). The maximum atomic E-state index is 12.2. The third kappa shape index (κ3) is 4.30. The number of benzene rings is 1. The molecular formula is C16H20BrNO3. The number of rotatable bonds is 6. The van der Waals surface area contributed by atoms with Crippen LogP contribution in [0.25, 0.3) is 0 Å². The van der Waals surface area contributed by atoms with Crippen LogP contribution in [0.5, 0.6) is 0 Å². The summed E-state index contributed by atoms with van der Waals surface area (Å²) in [6.07, 6.45) is 1.24. The third-order valence-electron chi connectivity index (χ3n) is 3.73. The lowest BCUT2D eigenvalue weighted by atomic mass is 10.0. The molecule has 1 saturated carbocycles. The van der Waals surface area contributed by atoms with Crippen LogP contribution in [0.3, 0.4) is 0 Å². The van der Waals surface area contributed by atoms with Crippen molar-refractivity contribution in [2.75, 3.05) is 0 Å². The molecule has 0 bridgehead atoms. The third-order valence-corrected chi connectivity index (χ3v) is 4.22. The van der Waals surface area contributed by atoms with Crippen LogP contribution in [0.15, 0.2) is 28.7 Å². The van der Waals surface area contributed by atoms with Gasteiger partial charge in [-0.15, -0.1) is 0 Å². The van der Waals surface area contributed by atoms with Crippen LogP contribution in [0.2, 0.25) is 0 Å². The number of carbonyl (C=O) groups excluding carboxylic acids is 1. The number of nitrogens with one attached hydrogen (secondary N) is 1. The molecule has 21 heavy (non-hydrogen) atoms. The number of carbonyl (C=O) groups is 2. The summed E-state index contributed by atoms with van der Waals surface area (Å²) in [5.41, 5.74) is 1.13. The number of carboxylic acids is 1. The first-order valence-corrected chi connectivity index (χ1v) is 7.96. The predicted molar refractivity (Wildman–Crippen MR) is 84.0 cm³/mol. The van der Waals surface area contributed by atoms with Crippen LogP contribution in [-0.4, -0.2) is 23.0 Å². The van der Waals surface area contributed by atoms with Gasteiger partial charge in [0.25, 0.3) is 0 Å². The van der Waals surface area contributed by atoms with E-state index in [1.807, 2.05) is 38.1 Å². The van der Waals surface area contributed by atoms with Crippen LogP contribution in [0, 0.1) is 11.8 Å². The highest BCUT2D eigenvalue weighted by Gasteiger charge is 2.44. The predicted octanol–water partition coefficient (Wildman–Crippen LogP) is 3.17. The average Bonchev–Trinajstić information content (AvgIpc) is 3.17. The number of hydrogen-bond acceptors (Lipinski definition) is 2. The topological polar surface area (TPSA) is 66.4 Å². The van der Waals surface area contributed by atoms with Crippen LogP contribution in [0.4, 0.5) is 0 Å². The maximum Gasteiger partial charge on any atom is 0.326 e. The molecule has 0 aliphatic heterocycles. The lowest BCUT2D eigenvalue weighted by Crippen LogP contribution is -2.42. The summed E-state index contributed by atoms with van der Waals surface area (Å²) in [5, 5.41) is 11.8. The summed E-state index contributed by atoms with van der Waals surface area (Å²) in [5.74, 6) is -0.777. The summed E-state index contributed by atoms with van der Waals surface area (Å²) in [6, 6.07) is 7.13. The zero-order valence-electron chi connectivity index (χ0n) is 12.2. The van der Waals surface area contributed by atoms with Crippen molar-refractivity contribution in [3.63, 3.8) is 0 Å². The minimum absolute atomic E-state index is 0.103. The van der Waals surface area contributed by atoms with Crippen molar-refractivity contribution in [1.29, 1.82) is 0 Å². The minimum Gasteiger partial charge on any atom is -0.480 e. The van der Waals surface area contributed by atoms with E-state index >= 15 is 0 Å². The fraction of sp³-hybridized carbons (Fsp3) is 0.500. The van der Waals surface area contributed by atoms with Crippen molar-refractivity contribution in [2.24, 2.45) is 11.8 Å². The Labute approximate surface area is 133 Å². The monoisotopic (exact) mass is 353 g/mol. The molecular weight excluding hydrogens is 334 g/mol. The fourth-order valence-electron chi connectivity index (χ4n) is 2.56. The first-order chi connectivity index (χ1) is 9.88. The quantitative estimate of drug-likeness (QED) is 0.825. The number of hydrogen-bond donors (Lipinski definition) is 2. The zero-order chi connectivity index (χ0) is 15.6. The van der Waals surface area contributed by atoms with Gasteiger partial charge in [0.2, 0.25) is 5.91 Å². The van der Waals surface area contributed by atoms with Gasteiger partial charge in [0, 0.05) is 10.4 Å². The highest BCUT2D eigenvalue weighted by molar-refractivity contribution is 9.10. The molecule has 3 atom stereocenters. The molecule has 0 aromatic heterocycles. The van der Waals surface area contributed by atoms with Crippen molar-refractivity contribution in [3.05, 3.63) is 34.3 Å². The Morgan fingerprint density at radius 1 is 1.43 bits per heavy atom. The second-order valence-electron chi connectivity index (χ2n) is 6.03. The number of amides is 1. The van der Waals surface area contributed by atoms with E-state index in [0.29, 0.717) is 6.42 Å². The summed E-state index contributed by atoms with van der Waals surface area (Å²) < 4.78 is 0.995. The van der Waals surface area contributed by atoms with E-state index in [-0.39, 0.29) is 23.7 Å². The highest BCUT2D eigenvalue weighted by Crippen LogP contribution is 2.48. The maximum absolute atomic E-state index is 12.2. The van der Waals surface area contributed by atoms with Gasteiger partial charge < -0.3 is 10.4 Å². The molecule has 1 amide bonds. The Hall–Kier alpha value is -1.36. The second-order valence-corrected chi connectivity index (χ2v) is 6.95. The first kappa shape index (κ1) is 16.0. The standard InChI is InChI=1S/C16H20BrNO3/c1-9(2)6-14(16(20)21)18-15(19)13-8-12(13)10-4-3-5-11(17)7-10/h3-5,7,9,12-14H,6,8H2,1-2H3,(H,18,19)(H,20,21)/t12?,13?,14-/m0/s1. The summed E-state index contributed by atoms with van der Waals surface area (Å²) in [7, 11) is 0. The Morgan fingerprint density at radius 3 is 2.71 bits per heavy atom. The van der Waals surface area contributed by atoms with E-state index in [1.54, 1.807) is 0 Å². The van der Waals surface area contributed by atoms with Crippen LogP contribution < -0.4 is 5.32 Å². The molecule has 4 nitrogen and oxygen atoms in total. The number of halogens is 1. The van der Waals surface area contributed by atoms with E-state index in [9.17, 15) is 14.7 Å². The number of carboxylic acid groups (broad SMARTS) is 1. The van der Waals surface area contributed by atoms with Gasteiger partial charge in [0.1, 0.15) is 6.04 Å². The first-order valence-electron chi connectivity index (χ1n) is 7.17. The molecule has 0 spiro atoms. The van der Waals surface area contributed by atoms with E-state index in [2.05, 4.69) is 21.2 Å².